The van der Waals surface area contributed by atoms with Crippen molar-refractivity contribution < 1.29 is 54.1 Å². The highest BCUT2D eigenvalue weighted by molar-refractivity contribution is 5.29. The second kappa shape index (κ2) is 3.90. The zero-order valence-electron chi connectivity index (χ0n) is 9.09. The van der Waals surface area contributed by atoms with Crippen molar-refractivity contribution in [3.05, 3.63) is 0 Å². The van der Waals surface area contributed by atoms with Gasteiger partial charge >= 0.3 is 23.7 Å². The number of halogens is 10. The molecular weight excluding hydrogens is 318 g/mol. The Balaban J connectivity index is 3.81. The van der Waals surface area contributed by atoms with Gasteiger partial charge in [-0.3, -0.25) is 0 Å². The van der Waals surface area contributed by atoms with Crippen molar-refractivity contribution >= 4 is 0 Å². The third-order valence-electron chi connectivity index (χ3n) is 3.22. The molecule has 0 heterocycles. The number of hydrogen-bond donors (Lipinski definition) is 2. The highest BCUT2D eigenvalue weighted by Gasteiger charge is 2.99. The summed E-state index contributed by atoms with van der Waals surface area (Å²) in [5, 5.41) is 16.3. The summed E-state index contributed by atoms with van der Waals surface area (Å²) in [5.41, 5.74) is -12.3. The molecule has 20 heavy (non-hydrogen) atoms. The van der Waals surface area contributed by atoms with Gasteiger partial charge in [-0.05, 0) is 0 Å². The molecule has 0 spiro atoms. The summed E-state index contributed by atoms with van der Waals surface area (Å²) in [5.74, 6) is -26.8. The van der Waals surface area contributed by atoms with E-state index in [-0.39, 0.29) is 0 Å². The molecule has 2 N–H and O–H groups in total. The molecule has 12 heteroatoms. The van der Waals surface area contributed by atoms with Crippen LogP contribution >= 0.6 is 0 Å². The molecule has 0 aromatic carbocycles. The predicted octanol–water partition coefficient (Wildman–Crippen LogP) is 1.94. The van der Waals surface area contributed by atoms with Crippen molar-refractivity contribution in [1.29, 1.82) is 0 Å². The molecule has 120 valence electrons. The summed E-state index contributed by atoms with van der Waals surface area (Å²) in [6.07, 6.45) is 0. The minimum absolute atomic E-state index is 3.13. The van der Waals surface area contributed by atoms with E-state index in [1.165, 1.54) is 0 Å². The first-order valence-electron chi connectivity index (χ1n) is 4.73. The van der Waals surface area contributed by atoms with E-state index in [0.717, 1.165) is 0 Å². The highest BCUT2D eigenvalue weighted by Crippen LogP contribution is 2.68. The molecule has 1 fully saturated rings. The Labute approximate surface area is 104 Å². The van der Waals surface area contributed by atoms with Crippen LogP contribution in [0.15, 0.2) is 0 Å². The Kier molecular flexibility index (Phi) is 3.37. The summed E-state index contributed by atoms with van der Waals surface area (Å²) in [7, 11) is 0. The molecule has 0 aromatic heterocycles. The van der Waals surface area contributed by atoms with Crippen LogP contribution in [-0.2, 0) is 0 Å². The quantitative estimate of drug-likeness (QED) is 0.762. The Morgan fingerprint density at radius 2 is 0.600 bits per heavy atom. The van der Waals surface area contributed by atoms with Crippen LogP contribution in [0, 0.1) is 0 Å². The Morgan fingerprint density at radius 1 is 0.450 bits per heavy atom. The Hall–Kier alpha value is -0.780. The molecule has 1 aliphatic carbocycles. The maximum atomic E-state index is 13.4. The molecule has 1 saturated carbocycles. The first-order chi connectivity index (χ1) is 8.62. The molecule has 2 nitrogen and oxygen atoms in total. The molecular formula is C8H6F10O2. The fraction of sp³-hybridized carbons (Fsp3) is 1.00. The van der Waals surface area contributed by atoms with Crippen molar-refractivity contribution in [2.24, 2.45) is 0 Å². The van der Waals surface area contributed by atoms with Crippen LogP contribution in [-0.4, -0.2) is 58.5 Å². The van der Waals surface area contributed by atoms with Gasteiger partial charge in [-0.25, -0.2) is 8.78 Å². The van der Waals surface area contributed by atoms with Gasteiger partial charge in [-0.1, -0.05) is 0 Å². The summed E-state index contributed by atoms with van der Waals surface area (Å²) in [4.78, 5) is 0. The van der Waals surface area contributed by atoms with Gasteiger partial charge in [0.05, 0.1) is 13.2 Å². The van der Waals surface area contributed by atoms with E-state index in [1.807, 2.05) is 0 Å². The summed E-state index contributed by atoms with van der Waals surface area (Å²) >= 11 is 0. The zero-order chi connectivity index (χ0) is 16.4. The van der Waals surface area contributed by atoms with Gasteiger partial charge in [0.2, 0.25) is 0 Å². The Bertz CT molecular complexity index is 340. The minimum atomic E-state index is -6.71. The zero-order valence-corrected chi connectivity index (χ0v) is 9.09. The molecule has 1 aliphatic rings. The maximum Gasteiger partial charge on any atom is 0.355 e. The number of hydrogen-bond acceptors (Lipinski definition) is 2. The van der Waals surface area contributed by atoms with Crippen LogP contribution in [0.25, 0.3) is 0 Å². The summed E-state index contributed by atoms with van der Waals surface area (Å²) in [6.45, 7) is -6.25. The average Bonchev–Trinajstić information content (AvgIpc) is 2.33. The van der Waals surface area contributed by atoms with Gasteiger partial charge < -0.3 is 10.2 Å². The van der Waals surface area contributed by atoms with E-state index in [2.05, 4.69) is 0 Å². The molecule has 0 radical (unpaired) electrons. The lowest BCUT2D eigenvalue weighted by Crippen LogP contribution is -2.86. The molecule has 0 saturated heterocycles. The van der Waals surface area contributed by atoms with Gasteiger partial charge in [-0.15, -0.1) is 0 Å². The summed E-state index contributed by atoms with van der Waals surface area (Å²) < 4.78 is 132. The number of rotatable bonds is 2. The molecule has 0 amide bonds. The number of aliphatic hydroxyl groups is 2. The van der Waals surface area contributed by atoms with Crippen LogP contribution < -0.4 is 0 Å². The Morgan fingerprint density at radius 3 is 0.700 bits per heavy atom. The molecule has 1 rings (SSSR count). The molecule has 0 atom stereocenters. The molecule has 0 aliphatic heterocycles. The van der Waals surface area contributed by atoms with Crippen molar-refractivity contribution in [3.63, 3.8) is 0 Å². The van der Waals surface area contributed by atoms with E-state index < -0.39 is 48.2 Å². The van der Waals surface area contributed by atoms with Gasteiger partial charge in [0, 0.05) is 0 Å². The van der Waals surface area contributed by atoms with E-state index in [4.69, 9.17) is 10.2 Å². The SMILES string of the molecule is OCC1(F)C(F)(F)C(F)(F)C(F)(CO)C(F)(F)C1(F)F. The fourth-order valence-electron chi connectivity index (χ4n) is 1.79. The van der Waals surface area contributed by atoms with E-state index in [0.29, 0.717) is 0 Å². The van der Waals surface area contributed by atoms with Crippen molar-refractivity contribution in [2.45, 2.75) is 35.0 Å². The lowest BCUT2D eigenvalue weighted by molar-refractivity contribution is -0.466. The predicted molar refractivity (Wildman–Crippen MR) is 41.6 cm³/mol. The van der Waals surface area contributed by atoms with Crippen molar-refractivity contribution in [2.75, 3.05) is 13.2 Å². The normalized spacial score (nSPS) is 41.4. The van der Waals surface area contributed by atoms with Gasteiger partial charge in [0.1, 0.15) is 0 Å². The van der Waals surface area contributed by atoms with Gasteiger partial charge in [0.15, 0.2) is 0 Å². The summed E-state index contributed by atoms with van der Waals surface area (Å²) in [6, 6.07) is 0. The smallest absolute Gasteiger partial charge is 0.355 e. The maximum absolute atomic E-state index is 13.4. The third kappa shape index (κ3) is 1.29. The monoisotopic (exact) mass is 324 g/mol. The second-order valence-corrected chi connectivity index (χ2v) is 4.22. The first kappa shape index (κ1) is 17.3. The van der Waals surface area contributed by atoms with E-state index in [1.54, 1.807) is 0 Å². The number of aliphatic hydroxyl groups excluding tert-OH is 2. The van der Waals surface area contributed by atoms with Crippen molar-refractivity contribution in [1.82, 2.24) is 0 Å². The minimum Gasteiger partial charge on any atom is -0.393 e. The fourth-order valence-corrected chi connectivity index (χ4v) is 1.79. The van der Waals surface area contributed by atoms with Gasteiger partial charge in [-0.2, -0.15) is 35.1 Å². The molecule has 0 unspecified atom stereocenters. The van der Waals surface area contributed by atoms with Crippen LogP contribution in [0.1, 0.15) is 0 Å². The lowest BCUT2D eigenvalue weighted by atomic mass is 9.67. The van der Waals surface area contributed by atoms with Crippen LogP contribution in [0.2, 0.25) is 0 Å². The standard InChI is InChI=1S/C8H6F10O2/c9-3(1-19)5(11,12)7(15,16)4(10,2-20)8(17,18)6(3,13)14/h19-20H,1-2H2. The van der Waals surface area contributed by atoms with Gasteiger partial charge in [0.25, 0.3) is 11.3 Å². The topological polar surface area (TPSA) is 40.5 Å². The van der Waals surface area contributed by atoms with Crippen LogP contribution in [0.4, 0.5) is 43.9 Å². The van der Waals surface area contributed by atoms with Crippen LogP contribution in [0.5, 0.6) is 0 Å². The second-order valence-electron chi connectivity index (χ2n) is 4.22. The molecule has 0 bridgehead atoms. The van der Waals surface area contributed by atoms with E-state index >= 15 is 0 Å². The first-order valence-corrected chi connectivity index (χ1v) is 4.73. The largest absolute Gasteiger partial charge is 0.393 e. The van der Waals surface area contributed by atoms with Crippen molar-refractivity contribution in [3.8, 4) is 0 Å². The van der Waals surface area contributed by atoms with E-state index in [9.17, 15) is 43.9 Å². The lowest BCUT2D eigenvalue weighted by Gasteiger charge is -2.54. The third-order valence-corrected chi connectivity index (χ3v) is 3.22. The number of alkyl halides is 10. The van der Waals surface area contributed by atoms with Crippen LogP contribution in [0.3, 0.4) is 0 Å². The average molecular weight is 324 g/mol. The molecule has 0 aromatic rings. The highest BCUT2D eigenvalue weighted by atomic mass is 19.4.